The molecule has 1 fully saturated rings. The molecule has 0 atom stereocenters. The molecule has 0 bridgehead atoms. The van der Waals surface area contributed by atoms with Crippen molar-refractivity contribution in [2.45, 2.75) is 6.54 Å². The highest BCUT2D eigenvalue weighted by molar-refractivity contribution is 6.31. The van der Waals surface area contributed by atoms with Gasteiger partial charge in [-0.15, -0.1) is 0 Å². The third kappa shape index (κ3) is 4.44. The Bertz CT molecular complexity index is 896. The van der Waals surface area contributed by atoms with Crippen LogP contribution in [0.25, 0.3) is 0 Å². The van der Waals surface area contributed by atoms with Crippen LogP contribution in [-0.2, 0) is 6.54 Å². The van der Waals surface area contributed by atoms with E-state index in [0.717, 1.165) is 23.8 Å². The van der Waals surface area contributed by atoms with E-state index in [4.69, 9.17) is 11.6 Å². The van der Waals surface area contributed by atoms with Crippen LogP contribution in [0.3, 0.4) is 0 Å². The molecule has 1 aliphatic heterocycles. The zero-order valence-corrected chi connectivity index (χ0v) is 15.5. The fourth-order valence-corrected chi connectivity index (χ4v) is 3.28. The molecule has 0 aliphatic carbocycles. The van der Waals surface area contributed by atoms with Gasteiger partial charge in [0.1, 0.15) is 0 Å². The molecule has 0 unspecified atom stereocenters. The summed E-state index contributed by atoms with van der Waals surface area (Å²) in [6.07, 6.45) is 0. The third-order valence-corrected chi connectivity index (χ3v) is 4.95. The molecular formula is C18H17ClN4O5. The molecule has 1 amide bonds. The number of non-ortho nitro benzene ring substituents is 2. The quantitative estimate of drug-likeness (QED) is 0.559. The largest absolute Gasteiger partial charge is 0.336 e. The van der Waals surface area contributed by atoms with Crippen LogP contribution in [0.5, 0.6) is 0 Å². The lowest BCUT2D eigenvalue weighted by Gasteiger charge is -2.34. The normalized spacial score (nSPS) is 14.7. The summed E-state index contributed by atoms with van der Waals surface area (Å²) >= 11 is 6.18. The van der Waals surface area contributed by atoms with Crippen molar-refractivity contribution >= 4 is 28.9 Å². The summed E-state index contributed by atoms with van der Waals surface area (Å²) < 4.78 is 0. The van der Waals surface area contributed by atoms with Gasteiger partial charge in [-0.05, 0) is 11.6 Å². The van der Waals surface area contributed by atoms with E-state index in [1.54, 1.807) is 4.90 Å². The minimum Gasteiger partial charge on any atom is -0.336 e. The Hall–Kier alpha value is -3.04. The minimum atomic E-state index is -0.745. The number of hydrogen-bond donors (Lipinski definition) is 0. The van der Waals surface area contributed by atoms with Crippen molar-refractivity contribution in [3.8, 4) is 0 Å². The number of benzene rings is 2. The van der Waals surface area contributed by atoms with E-state index in [9.17, 15) is 25.0 Å². The summed E-state index contributed by atoms with van der Waals surface area (Å²) in [5.74, 6) is -0.454. The monoisotopic (exact) mass is 404 g/mol. The van der Waals surface area contributed by atoms with Gasteiger partial charge < -0.3 is 4.90 Å². The summed E-state index contributed by atoms with van der Waals surface area (Å²) in [4.78, 5) is 36.9. The zero-order chi connectivity index (χ0) is 20.3. The number of halogens is 1. The Kier molecular flexibility index (Phi) is 5.86. The molecule has 1 saturated heterocycles. The molecule has 9 nitrogen and oxygen atoms in total. The van der Waals surface area contributed by atoms with Gasteiger partial charge in [0.15, 0.2) is 0 Å². The van der Waals surface area contributed by atoms with Crippen molar-refractivity contribution in [1.29, 1.82) is 0 Å². The predicted octanol–water partition coefficient (Wildman–Crippen LogP) is 3.11. The number of hydrogen-bond acceptors (Lipinski definition) is 6. The molecule has 2 aromatic carbocycles. The highest BCUT2D eigenvalue weighted by atomic mass is 35.5. The maximum Gasteiger partial charge on any atom is 0.277 e. The summed E-state index contributed by atoms with van der Waals surface area (Å²) in [7, 11) is 0. The molecule has 2 aromatic rings. The summed E-state index contributed by atoms with van der Waals surface area (Å²) in [5, 5.41) is 22.7. The molecule has 146 valence electrons. The Morgan fingerprint density at radius 3 is 2.07 bits per heavy atom. The lowest BCUT2D eigenvalue weighted by atomic mass is 10.1. The van der Waals surface area contributed by atoms with Gasteiger partial charge in [0.05, 0.1) is 21.5 Å². The molecule has 28 heavy (non-hydrogen) atoms. The average Bonchev–Trinajstić information content (AvgIpc) is 2.69. The Labute approximate surface area is 165 Å². The van der Waals surface area contributed by atoms with Gasteiger partial charge in [-0.3, -0.25) is 29.9 Å². The number of nitrogens with zero attached hydrogens (tertiary/aromatic N) is 4. The van der Waals surface area contributed by atoms with Crippen LogP contribution in [-0.4, -0.2) is 51.7 Å². The van der Waals surface area contributed by atoms with E-state index >= 15 is 0 Å². The van der Waals surface area contributed by atoms with Gasteiger partial charge in [0.25, 0.3) is 17.3 Å². The van der Waals surface area contributed by atoms with E-state index in [-0.39, 0.29) is 5.56 Å². The van der Waals surface area contributed by atoms with Crippen LogP contribution in [0.2, 0.25) is 5.02 Å². The van der Waals surface area contributed by atoms with Crippen LogP contribution in [0.4, 0.5) is 11.4 Å². The van der Waals surface area contributed by atoms with Crippen molar-refractivity contribution in [2.75, 3.05) is 26.2 Å². The fourth-order valence-electron chi connectivity index (χ4n) is 3.09. The number of carbonyl (C=O) groups is 1. The zero-order valence-electron chi connectivity index (χ0n) is 14.8. The third-order valence-electron chi connectivity index (χ3n) is 4.58. The van der Waals surface area contributed by atoms with Crippen molar-refractivity contribution in [3.05, 3.63) is 78.8 Å². The van der Waals surface area contributed by atoms with Gasteiger partial charge >= 0.3 is 0 Å². The Morgan fingerprint density at radius 2 is 1.54 bits per heavy atom. The van der Waals surface area contributed by atoms with Gasteiger partial charge in [-0.2, -0.15) is 0 Å². The second kappa shape index (κ2) is 8.32. The highest BCUT2D eigenvalue weighted by Crippen LogP contribution is 2.24. The van der Waals surface area contributed by atoms with Crippen LogP contribution in [0, 0.1) is 20.2 Å². The Balaban J connectivity index is 1.69. The first-order valence-electron chi connectivity index (χ1n) is 8.54. The maximum atomic E-state index is 12.7. The van der Waals surface area contributed by atoms with E-state index < -0.39 is 27.1 Å². The van der Waals surface area contributed by atoms with Crippen molar-refractivity contribution < 1.29 is 14.6 Å². The second-order valence-electron chi connectivity index (χ2n) is 6.41. The standard InChI is InChI=1S/C18H17ClN4O5/c19-17-4-2-1-3-13(17)12-20-5-7-21(8-6-20)18(24)14-9-15(22(25)26)11-16(10-14)23(27)28/h1-4,9-11H,5-8,12H2. The summed E-state index contributed by atoms with van der Waals surface area (Å²) in [6, 6.07) is 10.5. The molecule has 0 saturated carbocycles. The van der Waals surface area contributed by atoms with E-state index in [1.807, 2.05) is 24.3 Å². The van der Waals surface area contributed by atoms with Crippen molar-refractivity contribution in [3.63, 3.8) is 0 Å². The number of amides is 1. The summed E-state index contributed by atoms with van der Waals surface area (Å²) in [5.41, 5.74) is -0.0106. The lowest BCUT2D eigenvalue weighted by molar-refractivity contribution is -0.394. The molecule has 1 heterocycles. The number of rotatable bonds is 5. The molecule has 0 radical (unpaired) electrons. The molecule has 0 N–H and O–H groups in total. The van der Waals surface area contributed by atoms with Gasteiger partial charge in [0, 0.05) is 49.9 Å². The van der Waals surface area contributed by atoms with E-state index in [0.29, 0.717) is 37.7 Å². The minimum absolute atomic E-state index is 0.0551. The Morgan fingerprint density at radius 1 is 0.964 bits per heavy atom. The number of nitro groups is 2. The molecule has 0 spiro atoms. The molecule has 10 heteroatoms. The molecule has 1 aliphatic rings. The number of carbonyl (C=O) groups excluding carboxylic acids is 1. The number of nitro benzene ring substituents is 2. The van der Waals surface area contributed by atoms with Gasteiger partial charge in [-0.25, -0.2) is 0 Å². The number of piperazine rings is 1. The molecule has 0 aromatic heterocycles. The molecular weight excluding hydrogens is 388 g/mol. The van der Waals surface area contributed by atoms with Crippen LogP contribution in [0.1, 0.15) is 15.9 Å². The van der Waals surface area contributed by atoms with E-state index in [2.05, 4.69) is 4.90 Å². The SMILES string of the molecule is O=C(c1cc([N+](=O)[O-])cc([N+](=O)[O-])c1)N1CCN(Cc2ccccc2Cl)CC1. The van der Waals surface area contributed by atoms with Crippen molar-refractivity contribution in [2.24, 2.45) is 0 Å². The first-order chi connectivity index (χ1) is 13.3. The second-order valence-corrected chi connectivity index (χ2v) is 6.82. The van der Waals surface area contributed by atoms with E-state index in [1.165, 1.54) is 0 Å². The predicted molar refractivity (Wildman–Crippen MR) is 102 cm³/mol. The lowest BCUT2D eigenvalue weighted by Crippen LogP contribution is -2.48. The first-order valence-corrected chi connectivity index (χ1v) is 8.92. The van der Waals surface area contributed by atoms with Gasteiger partial charge in [-0.1, -0.05) is 29.8 Å². The summed E-state index contributed by atoms with van der Waals surface area (Å²) in [6.45, 7) is 2.70. The average molecular weight is 405 g/mol. The van der Waals surface area contributed by atoms with Crippen molar-refractivity contribution in [1.82, 2.24) is 9.80 Å². The first kappa shape index (κ1) is 19.7. The maximum absolute atomic E-state index is 12.7. The highest BCUT2D eigenvalue weighted by Gasteiger charge is 2.26. The van der Waals surface area contributed by atoms with Crippen LogP contribution < -0.4 is 0 Å². The van der Waals surface area contributed by atoms with Crippen LogP contribution >= 0.6 is 11.6 Å². The fraction of sp³-hybridized carbons (Fsp3) is 0.278. The van der Waals surface area contributed by atoms with Crippen LogP contribution in [0.15, 0.2) is 42.5 Å². The molecule has 3 rings (SSSR count). The topological polar surface area (TPSA) is 110 Å². The van der Waals surface area contributed by atoms with Gasteiger partial charge in [0.2, 0.25) is 0 Å². The smallest absolute Gasteiger partial charge is 0.277 e.